The summed E-state index contributed by atoms with van der Waals surface area (Å²) in [5, 5.41) is 1.60. The molecule has 4 heteroatoms. The van der Waals surface area contributed by atoms with E-state index in [9.17, 15) is 0 Å². The first-order valence-corrected chi connectivity index (χ1v) is 10.1. The Balaban J connectivity index is 1.94. The number of halogens is 1. The molecule has 1 fully saturated rings. The van der Waals surface area contributed by atoms with Gasteiger partial charge in [0.1, 0.15) is 0 Å². The molecule has 150 valence electrons. The van der Waals surface area contributed by atoms with Crippen LogP contribution in [0.15, 0.2) is 74.0 Å². The molecule has 1 aromatic heterocycles. The van der Waals surface area contributed by atoms with Gasteiger partial charge in [-0.1, -0.05) is 62.2 Å². The van der Waals surface area contributed by atoms with Gasteiger partial charge < -0.3 is 9.80 Å². The van der Waals surface area contributed by atoms with Gasteiger partial charge in [0.25, 0.3) is 0 Å². The number of aromatic nitrogens is 1. The molecule has 0 N–H and O–H groups in total. The van der Waals surface area contributed by atoms with Crippen LogP contribution in [0, 0.1) is 0 Å². The number of hydrogen-bond acceptors (Lipinski definition) is 3. The molecule has 0 atom stereocenters. The van der Waals surface area contributed by atoms with Crippen molar-refractivity contribution >= 4 is 33.8 Å². The number of rotatable bonds is 6. The lowest BCUT2D eigenvalue weighted by atomic mass is 10.0. The van der Waals surface area contributed by atoms with E-state index < -0.39 is 0 Å². The summed E-state index contributed by atoms with van der Waals surface area (Å²) < 4.78 is 0. The molecule has 0 bridgehead atoms. The average Bonchev–Trinajstić information content (AvgIpc) is 2.70. The van der Waals surface area contributed by atoms with Gasteiger partial charge in [-0.2, -0.15) is 0 Å². The minimum atomic E-state index is 0.674. The van der Waals surface area contributed by atoms with Gasteiger partial charge in [0.05, 0.1) is 16.2 Å². The molecule has 0 spiro atoms. The summed E-state index contributed by atoms with van der Waals surface area (Å²) in [7, 11) is 0. The highest BCUT2D eigenvalue weighted by atomic mass is 35.5. The van der Waals surface area contributed by atoms with Crippen LogP contribution in [0.2, 0.25) is 5.02 Å². The van der Waals surface area contributed by atoms with Crippen LogP contribution < -0.4 is 0 Å². The summed E-state index contributed by atoms with van der Waals surface area (Å²) in [6.07, 6.45) is 3.66. The number of piperazine rings is 1. The largest absolute Gasteiger partial charge is 0.372 e. The summed E-state index contributed by atoms with van der Waals surface area (Å²) in [5.41, 5.74) is 6.70. The zero-order valence-electron chi connectivity index (χ0n) is 17.3. The average molecular weight is 406 g/mol. The number of fused-ring (bicyclic) bond motifs is 1. The first-order chi connectivity index (χ1) is 13.8. The number of pyridine rings is 1. The van der Waals surface area contributed by atoms with Crippen molar-refractivity contribution < 1.29 is 0 Å². The molecule has 29 heavy (non-hydrogen) atoms. The summed E-state index contributed by atoms with van der Waals surface area (Å²) in [6, 6.07) is 8.06. The molecule has 0 saturated carbocycles. The first kappa shape index (κ1) is 20.9. The standard InChI is InChI=1S/C25H28ClN3/c1-7-8-21(17(2)3)25-16-23(26)22-10-9-20(15-24(22)27-25)19(6)29-13-11-28(12-14-29)18(4)5/h7-10,15-16H,1-2,4,6,11-14H2,3,5H3/b21-8+. The van der Waals surface area contributed by atoms with Crippen molar-refractivity contribution in [3.05, 3.63) is 90.3 Å². The summed E-state index contributed by atoms with van der Waals surface area (Å²) in [4.78, 5) is 9.49. The highest BCUT2D eigenvalue weighted by molar-refractivity contribution is 6.35. The third kappa shape index (κ3) is 4.46. The van der Waals surface area contributed by atoms with E-state index in [1.807, 2.05) is 25.1 Å². The van der Waals surface area contributed by atoms with E-state index in [4.69, 9.17) is 16.6 Å². The smallest absolute Gasteiger partial charge is 0.0731 e. The Bertz CT molecular complexity index is 1020. The quantitative estimate of drug-likeness (QED) is 0.537. The molecule has 3 rings (SSSR count). The van der Waals surface area contributed by atoms with E-state index >= 15 is 0 Å². The normalized spacial score (nSPS) is 14.8. The van der Waals surface area contributed by atoms with Crippen LogP contribution in [0.1, 0.15) is 25.1 Å². The fourth-order valence-electron chi connectivity index (χ4n) is 3.61. The number of benzene rings is 1. The van der Waals surface area contributed by atoms with Crippen LogP contribution in [0.5, 0.6) is 0 Å². The van der Waals surface area contributed by atoms with Crippen molar-refractivity contribution in [1.82, 2.24) is 14.8 Å². The number of hydrogen-bond donors (Lipinski definition) is 0. The third-order valence-electron chi connectivity index (χ3n) is 5.31. The van der Waals surface area contributed by atoms with Gasteiger partial charge >= 0.3 is 0 Å². The Morgan fingerprint density at radius 3 is 2.28 bits per heavy atom. The molecule has 1 aliphatic rings. The number of allylic oxidation sites excluding steroid dienone is 5. The molecule has 2 aromatic rings. The van der Waals surface area contributed by atoms with Gasteiger partial charge in [0.2, 0.25) is 0 Å². The van der Waals surface area contributed by atoms with E-state index in [2.05, 4.69) is 55.2 Å². The van der Waals surface area contributed by atoms with E-state index in [1.54, 1.807) is 6.08 Å². The third-order valence-corrected chi connectivity index (χ3v) is 5.63. The second-order valence-electron chi connectivity index (χ2n) is 7.47. The Hall–Kier alpha value is -2.78. The molecule has 0 amide bonds. The van der Waals surface area contributed by atoms with E-state index in [1.165, 1.54) is 0 Å². The van der Waals surface area contributed by atoms with Crippen LogP contribution in [0.25, 0.3) is 22.2 Å². The zero-order valence-corrected chi connectivity index (χ0v) is 18.1. The van der Waals surface area contributed by atoms with Crippen molar-refractivity contribution in [2.75, 3.05) is 26.2 Å². The molecule has 1 aliphatic heterocycles. The monoisotopic (exact) mass is 405 g/mol. The SMILES string of the molecule is C=C/C=C(\C(=C)C)c1cc(Cl)c2ccc(C(=C)N3CCN(C(=C)C)CC3)cc2n1. The first-order valence-electron chi connectivity index (χ1n) is 9.75. The predicted octanol–water partition coefficient (Wildman–Crippen LogP) is 6.16. The van der Waals surface area contributed by atoms with Crippen LogP contribution in [-0.4, -0.2) is 41.0 Å². The number of nitrogens with zero attached hydrogens (tertiary/aromatic N) is 3. The summed E-state index contributed by atoms with van der Waals surface area (Å²) >= 11 is 6.57. The molecular weight excluding hydrogens is 378 g/mol. The molecule has 0 aliphatic carbocycles. The van der Waals surface area contributed by atoms with Gasteiger partial charge in [-0.15, -0.1) is 0 Å². The minimum Gasteiger partial charge on any atom is -0.372 e. The van der Waals surface area contributed by atoms with Gasteiger partial charge in [-0.3, -0.25) is 0 Å². The molecule has 3 nitrogen and oxygen atoms in total. The van der Waals surface area contributed by atoms with Crippen LogP contribution >= 0.6 is 11.6 Å². The molecule has 1 aromatic carbocycles. The Morgan fingerprint density at radius 1 is 1.03 bits per heavy atom. The maximum absolute atomic E-state index is 6.57. The summed E-state index contributed by atoms with van der Waals surface area (Å²) in [5.74, 6) is 0. The zero-order chi connectivity index (χ0) is 21.1. The van der Waals surface area contributed by atoms with E-state index in [0.717, 1.165) is 70.9 Å². The van der Waals surface area contributed by atoms with Crippen molar-refractivity contribution in [2.45, 2.75) is 13.8 Å². The topological polar surface area (TPSA) is 19.4 Å². The van der Waals surface area contributed by atoms with Crippen LogP contribution in [0.4, 0.5) is 0 Å². The van der Waals surface area contributed by atoms with Gasteiger partial charge in [-0.25, -0.2) is 4.98 Å². The molecule has 0 unspecified atom stereocenters. The highest BCUT2D eigenvalue weighted by Gasteiger charge is 2.19. The van der Waals surface area contributed by atoms with Crippen LogP contribution in [-0.2, 0) is 0 Å². The second-order valence-corrected chi connectivity index (χ2v) is 7.88. The Labute approximate surface area is 179 Å². The van der Waals surface area contributed by atoms with E-state index in [-0.39, 0.29) is 0 Å². The lowest BCUT2D eigenvalue weighted by Gasteiger charge is -2.38. The Morgan fingerprint density at radius 2 is 1.69 bits per heavy atom. The van der Waals surface area contributed by atoms with E-state index in [0.29, 0.717) is 5.02 Å². The maximum Gasteiger partial charge on any atom is 0.0731 e. The minimum absolute atomic E-state index is 0.674. The molecule has 1 saturated heterocycles. The second kappa shape index (κ2) is 8.71. The predicted molar refractivity (Wildman–Crippen MR) is 127 cm³/mol. The van der Waals surface area contributed by atoms with Gasteiger partial charge in [0.15, 0.2) is 0 Å². The van der Waals surface area contributed by atoms with Gasteiger partial charge in [0, 0.05) is 48.5 Å². The van der Waals surface area contributed by atoms with Crippen molar-refractivity contribution in [3.8, 4) is 0 Å². The highest BCUT2D eigenvalue weighted by Crippen LogP contribution is 2.31. The maximum atomic E-state index is 6.57. The lowest BCUT2D eigenvalue weighted by molar-refractivity contribution is 0.215. The molecular formula is C25H28ClN3. The fourth-order valence-corrected chi connectivity index (χ4v) is 3.87. The van der Waals surface area contributed by atoms with Crippen molar-refractivity contribution in [3.63, 3.8) is 0 Å². The van der Waals surface area contributed by atoms with Crippen molar-refractivity contribution in [2.24, 2.45) is 0 Å². The van der Waals surface area contributed by atoms with Crippen LogP contribution in [0.3, 0.4) is 0 Å². The molecule has 0 radical (unpaired) electrons. The molecule has 2 heterocycles. The fraction of sp³-hybridized carbons (Fsp3) is 0.240. The summed E-state index contributed by atoms with van der Waals surface area (Å²) in [6.45, 7) is 24.0. The van der Waals surface area contributed by atoms with Gasteiger partial charge in [-0.05, 0) is 37.1 Å². The van der Waals surface area contributed by atoms with Crippen molar-refractivity contribution in [1.29, 1.82) is 0 Å². The lowest BCUT2D eigenvalue weighted by Crippen LogP contribution is -2.44. The Kier molecular flexibility index (Phi) is 6.29.